The lowest BCUT2D eigenvalue weighted by molar-refractivity contribution is 0.0660. The predicted molar refractivity (Wildman–Crippen MR) is 78.3 cm³/mol. The topological polar surface area (TPSA) is 74.2 Å². The van der Waals surface area contributed by atoms with Crippen molar-refractivity contribution in [3.8, 4) is 6.07 Å². The van der Waals surface area contributed by atoms with Crippen LogP contribution in [0.25, 0.3) is 0 Å². The van der Waals surface area contributed by atoms with Crippen molar-refractivity contribution in [2.75, 3.05) is 0 Å². The van der Waals surface area contributed by atoms with Gasteiger partial charge in [-0.25, -0.2) is 4.79 Å². The number of carbonyl (C=O) groups is 1. The van der Waals surface area contributed by atoms with Gasteiger partial charge in [-0.3, -0.25) is 0 Å². The molecule has 0 radical (unpaired) electrons. The Balaban J connectivity index is 2.15. The summed E-state index contributed by atoms with van der Waals surface area (Å²) >= 11 is 0. The maximum atomic E-state index is 10.8. The van der Waals surface area contributed by atoms with Crippen molar-refractivity contribution in [1.82, 2.24) is 0 Å². The fraction of sp³-hybridized carbons (Fsp3) is 0.294. The van der Waals surface area contributed by atoms with Crippen LogP contribution in [-0.2, 0) is 6.42 Å². The maximum absolute atomic E-state index is 10.8. The highest BCUT2D eigenvalue weighted by molar-refractivity contribution is 5.84. The molecule has 0 spiro atoms. The van der Waals surface area contributed by atoms with Gasteiger partial charge in [0.25, 0.3) is 0 Å². The SMILES string of the molecule is CC(C)c1ccc(CC(C#N)c2ccc(C(=O)O)o2)cc1. The fourth-order valence-electron chi connectivity index (χ4n) is 2.14. The van der Waals surface area contributed by atoms with Crippen LogP contribution in [0.15, 0.2) is 40.8 Å². The van der Waals surface area contributed by atoms with E-state index in [-0.39, 0.29) is 5.76 Å². The maximum Gasteiger partial charge on any atom is 0.371 e. The van der Waals surface area contributed by atoms with Crippen molar-refractivity contribution in [3.05, 3.63) is 59.0 Å². The number of furan rings is 1. The van der Waals surface area contributed by atoms with Crippen LogP contribution < -0.4 is 0 Å². The van der Waals surface area contributed by atoms with Gasteiger partial charge >= 0.3 is 5.97 Å². The summed E-state index contributed by atoms with van der Waals surface area (Å²) < 4.78 is 5.21. The number of carboxylic acid groups (broad SMARTS) is 1. The lowest BCUT2D eigenvalue weighted by Crippen LogP contribution is -2.00. The summed E-state index contributed by atoms with van der Waals surface area (Å²) in [5.74, 6) is -0.889. The van der Waals surface area contributed by atoms with E-state index in [1.807, 2.05) is 12.1 Å². The number of rotatable bonds is 5. The average Bonchev–Trinajstić information content (AvgIpc) is 2.95. The molecule has 0 fully saturated rings. The zero-order chi connectivity index (χ0) is 15.4. The van der Waals surface area contributed by atoms with E-state index in [9.17, 15) is 10.1 Å². The molecule has 1 aromatic heterocycles. The molecule has 0 aliphatic carbocycles. The molecule has 0 saturated heterocycles. The first-order chi connectivity index (χ1) is 10.0. The first kappa shape index (κ1) is 14.9. The largest absolute Gasteiger partial charge is 0.475 e. The van der Waals surface area contributed by atoms with Gasteiger partial charge in [0.15, 0.2) is 0 Å². The van der Waals surface area contributed by atoms with Crippen LogP contribution in [0.1, 0.15) is 53.1 Å². The Bertz CT molecular complexity index is 662. The summed E-state index contributed by atoms with van der Waals surface area (Å²) in [7, 11) is 0. The molecule has 1 aromatic carbocycles. The highest BCUT2D eigenvalue weighted by Gasteiger charge is 2.18. The van der Waals surface area contributed by atoms with Gasteiger partial charge < -0.3 is 9.52 Å². The summed E-state index contributed by atoms with van der Waals surface area (Å²) in [5, 5.41) is 18.1. The second-order valence-electron chi connectivity index (χ2n) is 5.29. The monoisotopic (exact) mass is 283 g/mol. The van der Waals surface area contributed by atoms with Crippen molar-refractivity contribution in [2.24, 2.45) is 0 Å². The molecule has 4 nitrogen and oxygen atoms in total. The van der Waals surface area contributed by atoms with Gasteiger partial charge in [-0.1, -0.05) is 38.1 Å². The van der Waals surface area contributed by atoms with Crippen molar-refractivity contribution < 1.29 is 14.3 Å². The van der Waals surface area contributed by atoms with Gasteiger partial charge in [0.1, 0.15) is 11.7 Å². The summed E-state index contributed by atoms with van der Waals surface area (Å²) in [4.78, 5) is 10.8. The molecule has 0 saturated carbocycles. The molecule has 0 amide bonds. The minimum absolute atomic E-state index is 0.139. The molecule has 0 aliphatic heterocycles. The molecule has 1 unspecified atom stereocenters. The summed E-state index contributed by atoms with van der Waals surface area (Å²) in [5.41, 5.74) is 2.28. The molecule has 108 valence electrons. The van der Waals surface area contributed by atoms with Crippen LogP contribution in [0.5, 0.6) is 0 Å². The number of nitrogens with zero attached hydrogens (tertiary/aromatic N) is 1. The van der Waals surface area contributed by atoms with Crippen LogP contribution in [0.4, 0.5) is 0 Å². The molecule has 2 aromatic rings. The Morgan fingerprint density at radius 3 is 2.38 bits per heavy atom. The van der Waals surface area contributed by atoms with Gasteiger partial charge in [-0.05, 0) is 35.6 Å². The molecule has 1 heterocycles. The number of hydrogen-bond acceptors (Lipinski definition) is 3. The lowest BCUT2D eigenvalue weighted by atomic mass is 9.95. The zero-order valence-electron chi connectivity index (χ0n) is 12.0. The molecule has 1 N–H and O–H groups in total. The van der Waals surface area contributed by atoms with E-state index < -0.39 is 11.9 Å². The van der Waals surface area contributed by atoms with Gasteiger partial charge in [0.05, 0.1) is 6.07 Å². The Morgan fingerprint density at radius 1 is 1.24 bits per heavy atom. The number of carboxylic acids is 1. The lowest BCUT2D eigenvalue weighted by Gasteiger charge is -2.09. The van der Waals surface area contributed by atoms with E-state index >= 15 is 0 Å². The normalized spacial score (nSPS) is 12.1. The summed E-state index contributed by atoms with van der Waals surface area (Å²) in [6, 6.07) is 13.2. The van der Waals surface area contributed by atoms with Crippen LogP contribution in [-0.4, -0.2) is 11.1 Å². The van der Waals surface area contributed by atoms with Crippen LogP contribution in [0.2, 0.25) is 0 Å². The molecule has 21 heavy (non-hydrogen) atoms. The smallest absolute Gasteiger partial charge is 0.371 e. The van der Waals surface area contributed by atoms with E-state index in [1.54, 1.807) is 6.07 Å². The third-order valence-corrected chi connectivity index (χ3v) is 3.42. The van der Waals surface area contributed by atoms with E-state index in [4.69, 9.17) is 9.52 Å². The highest BCUT2D eigenvalue weighted by Crippen LogP contribution is 2.24. The number of benzene rings is 1. The molecular weight excluding hydrogens is 266 g/mol. The minimum atomic E-state index is -1.13. The van der Waals surface area contributed by atoms with Crippen LogP contribution in [0, 0.1) is 11.3 Å². The van der Waals surface area contributed by atoms with Crippen molar-refractivity contribution in [1.29, 1.82) is 5.26 Å². The Labute approximate surface area is 123 Å². The van der Waals surface area contributed by atoms with E-state index in [2.05, 4.69) is 32.0 Å². The van der Waals surface area contributed by atoms with Crippen LogP contribution in [0.3, 0.4) is 0 Å². The Hall–Kier alpha value is -2.54. The number of nitriles is 1. The fourth-order valence-corrected chi connectivity index (χ4v) is 2.14. The third kappa shape index (κ3) is 3.51. The molecular formula is C17H17NO3. The molecule has 4 heteroatoms. The minimum Gasteiger partial charge on any atom is -0.475 e. The summed E-state index contributed by atoms with van der Waals surface area (Å²) in [6.45, 7) is 4.26. The van der Waals surface area contributed by atoms with Gasteiger partial charge in [-0.15, -0.1) is 0 Å². The van der Waals surface area contributed by atoms with E-state index in [1.165, 1.54) is 11.6 Å². The third-order valence-electron chi connectivity index (χ3n) is 3.42. The highest BCUT2D eigenvalue weighted by atomic mass is 16.4. The Kier molecular flexibility index (Phi) is 4.44. The zero-order valence-corrected chi connectivity index (χ0v) is 12.0. The average molecular weight is 283 g/mol. The van der Waals surface area contributed by atoms with Crippen molar-refractivity contribution in [2.45, 2.75) is 32.1 Å². The van der Waals surface area contributed by atoms with Gasteiger partial charge in [0.2, 0.25) is 5.76 Å². The molecule has 0 bridgehead atoms. The van der Waals surface area contributed by atoms with Crippen molar-refractivity contribution >= 4 is 5.97 Å². The van der Waals surface area contributed by atoms with E-state index in [0.717, 1.165) is 5.56 Å². The first-order valence-electron chi connectivity index (χ1n) is 6.82. The molecule has 2 rings (SSSR count). The van der Waals surface area contributed by atoms with Gasteiger partial charge in [0, 0.05) is 0 Å². The number of aromatic carboxylic acids is 1. The van der Waals surface area contributed by atoms with E-state index in [0.29, 0.717) is 18.1 Å². The molecule has 0 aliphatic rings. The first-order valence-corrected chi connectivity index (χ1v) is 6.82. The standard InChI is InChI=1S/C17H17NO3/c1-11(2)13-5-3-12(4-6-13)9-14(10-18)15-7-8-16(21-15)17(19)20/h3-8,11,14H,9H2,1-2H3,(H,19,20). The van der Waals surface area contributed by atoms with Gasteiger partial charge in [-0.2, -0.15) is 5.26 Å². The van der Waals surface area contributed by atoms with Crippen LogP contribution >= 0.6 is 0 Å². The summed E-state index contributed by atoms with van der Waals surface area (Å²) in [6.07, 6.45) is 0.501. The Morgan fingerprint density at radius 2 is 1.90 bits per heavy atom. The predicted octanol–water partition coefficient (Wildman–Crippen LogP) is 3.95. The van der Waals surface area contributed by atoms with Crippen molar-refractivity contribution in [3.63, 3.8) is 0 Å². The second kappa shape index (κ2) is 6.27. The second-order valence-corrected chi connectivity index (χ2v) is 5.29. The number of hydrogen-bond donors (Lipinski definition) is 1. The molecule has 1 atom stereocenters. The quantitative estimate of drug-likeness (QED) is 0.901.